The molecule has 0 unspecified atom stereocenters. The molecule has 2 aromatic carbocycles. The molecule has 1 aromatic heterocycles. The first-order valence-corrected chi connectivity index (χ1v) is 8.30. The Bertz CT molecular complexity index is 899. The van der Waals surface area contributed by atoms with E-state index in [4.69, 9.17) is 0 Å². The molecule has 0 saturated carbocycles. The lowest BCUT2D eigenvalue weighted by Crippen LogP contribution is -2.37. The fourth-order valence-electron chi connectivity index (χ4n) is 2.79. The van der Waals surface area contributed by atoms with Crippen molar-refractivity contribution < 1.29 is 9.59 Å². The van der Waals surface area contributed by atoms with Crippen molar-refractivity contribution in [3.8, 4) is 0 Å². The molecule has 0 bridgehead atoms. The zero-order valence-electron chi connectivity index (χ0n) is 14.1. The lowest BCUT2D eigenvalue weighted by molar-refractivity contribution is -0.120. The molecule has 128 valence electrons. The van der Waals surface area contributed by atoms with E-state index in [1.165, 1.54) is 10.9 Å². The maximum atomic E-state index is 12.0. The smallest absolute Gasteiger partial charge is 0.251 e. The molecule has 0 aliphatic rings. The fraction of sp³-hybridized carbons (Fsp3) is 0.200. The van der Waals surface area contributed by atoms with Crippen molar-refractivity contribution in [2.75, 3.05) is 13.1 Å². The van der Waals surface area contributed by atoms with E-state index < -0.39 is 0 Å². The molecular weight excluding hydrogens is 314 g/mol. The third-order valence-electron chi connectivity index (χ3n) is 4.08. The molecule has 0 fully saturated rings. The molecule has 0 radical (unpaired) electrons. The number of para-hydroxylation sites is 1. The molecule has 5 nitrogen and oxygen atoms in total. The lowest BCUT2D eigenvalue weighted by atomic mass is 10.1. The fourth-order valence-corrected chi connectivity index (χ4v) is 2.79. The average molecular weight is 335 g/mol. The Morgan fingerprint density at radius 3 is 2.72 bits per heavy atom. The highest BCUT2D eigenvalue weighted by atomic mass is 16.2. The van der Waals surface area contributed by atoms with Gasteiger partial charge in [0.1, 0.15) is 0 Å². The van der Waals surface area contributed by atoms with Gasteiger partial charge in [0.15, 0.2) is 0 Å². The van der Waals surface area contributed by atoms with Gasteiger partial charge in [0.25, 0.3) is 5.91 Å². The van der Waals surface area contributed by atoms with Crippen molar-refractivity contribution in [3.63, 3.8) is 0 Å². The van der Waals surface area contributed by atoms with Crippen LogP contribution >= 0.6 is 0 Å². The largest absolute Gasteiger partial charge is 0.361 e. The average Bonchev–Trinajstić information content (AvgIpc) is 3.03. The monoisotopic (exact) mass is 335 g/mol. The van der Waals surface area contributed by atoms with Gasteiger partial charge in [-0.15, -0.1) is 0 Å². The van der Waals surface area contributed by atoms with E-state index in [9.17, 15) is 9.59 Å². The first-order valence-electron chi connectivity index (χ1n) is 8.30. The predicted molar refractivity (Wildman–Crippen MR) is 98.5 cm³/mol. The highest BCUT2D eigenvalue weighted by Gasteiger charge is 2.08. The van der Waals surface area contributed by atoms with Gasteiger partial charge in [0.05, 0.1) is 6.54 Å². The van der Waals surface area contributed by atoms with E-state index in [2.05, 4.69) is 21.7 Å². The Hall–Kier alpha value is -3.08. The molecule has 25 heavy (non-hydrogen) atoms. The van der Waals surface area contributed by atoms with E-state index in [0.717, 1.165) is 17.5 Å². The Balaban J connectivity index is 1.44. The standard InChI is InChI=1S/C20H21N3O2/c1-14-5-4-6-15(11-14)20(25)23-13-19(24)21-10-9-16-12-22-18-8-3-2-7-17(16)18/h2-8,11-12,22H,9-10,13H2,1H3,(H,21,24)(H,23,25). The van der Waals surface area contributed by atoms with Crippen LogP contribution in [0.2, 0.25) is 0 Å². The summed E-state index contributed by atoms with van der Waals surface area (Å²) in [6, 6.07) is 15.4. The minimum Gasteiger partial charge on any atom is -0.361 e. The second-order valence-corrected chi connectivity index (χ2v) is 6.01. The van der Waals surface area contributed by atoms with Gasteiger partial charge in [-0.1, -0.05) is 35.9 Å². The van der Waals surface area contributed by atoms with Crippen molar-refractivity contribution in [1.29, 1.82) is 0 Å². The van der Waals surface area contributed by atoms with E-state index in [-0.39, 0.29) is 18.4 Å². The van der Waals surface area contributed by atoms with E-state index in [1.54, 1.807) is 12.1 Å². The number of carbonyl (C=O) groups is 2. The first-order chi connectivity index (χ1) is 12.1. The van der Waals surface area contributed by atoms with Gasteiger partial charge in [-0.2, -0.15) is 0 Å². The SMILES string of the molecule is Cc1cccc(C(=O)NCC(=O)NCCc2c[nH]c3ccccc23)c1. The van der Waals surface area contributed by atoms with Crippen molar-refractivity contribution >= 4 is 22.7 Å². The number of amides is 2. The highest BCUT2D eigenvalue weighted by molar-refractivity contribution is 5.96. The summed E-state index contributed by atoms with van der Waals surface area (Å²) in [5.41, 5.74) is 3.83. The summed E-state index contributed by atoms with van der Waals surface area (Å²) in [6.07, 6.45) is 2.71. The Labute approximate surface area is 146 Å². The number of benzene rings is 2. The van der Waals surface area contributed by atoms with Crippen LogP contribution in [0, 0.1) is 6.92 Å². The van der Waals surface area contributed by atoms with Crippen LogP contribution in [0.15, 0.2) is 54.7 Å². The van der Waals surface area contributed by atoms with E-state index >= 15 is 0 Å². The topological polar surface area (TPSA) is 74.0 Å². The van der Waals surface area contributed by atoms with Crippen LogP contribution in [-0.2, 0) is 11.2 Å². The first kappa shape index (κ1) is 16.8. The molecule has 5 heteroatoms. The maximum Gasteiger partial charge on any atom is 0.251 e. The van der Waals surface area contributed by atoms with Crippen LogP contribution < -0.4 is 10.6 Å². The Morgan fingerprint density at radius 1 is 1.04 bits per heavy atom. The molecule has 0 aliphatic carbocycles. The van der Waals surface area contributed by atoms with Crippen LogP contribution in [0.25, 0.3) is 10.9 Å². The van der Waals surface area contributed by atoms with E-state index in [1.807, 2.05) is 43.5 Å². The summed E-state index contributed by atoms with van der Waals surface area (Å²) < 4.78 is 0. The summed E-state index contributed by atoms with van der Waals surface area (Å²) in [5, 5.41) is 6.65. The second kappa shape index (κ2) is 7.66. The van der Waals surface area contributed by atoms with Gasteiger partial charge in [-0.05, 0) is 37.1 Å². The Morgan fingerprint density at radius 2 is 1.88 bits per heavy atom. The molecule has 0 spiro atoms. The molecular formula is C20H21N3O2. The van der Waals surface area contributed by atoms with Crippen molar-refractivity contribution in [2.24, 2.45) is 0 Å². The van der Waals surface area contributed by atoms with Crippen LogP contribution in [0.4, 0.5) is 0 Å². The summed E-state index contributed by atoms with van der Waals surface area (Å²) >= 11 is 0. The predicted octanol–water partition coefficient (Wildman–Crippen LogP) is 2.57. The number of aromatic nitrogens is 1. The van der Waals surface area contributed by atoms with Gasteiger partial charge in [0.2, 0.25) is 5.91 Å². The molecule has 3 N–H and O–H groups in total. The normalized spacial score (nSPS) is 10.6. The third kappa shape index (κ3) is 4.26. The molecule has 3 rings (SSSR count). The Kier molecular flexibility index (Phi) is 5.14. The number of rotatable bonds is 6. The highest BCUT2D eigenvalue weighted by Crippen LogP contribution is 2.17. The number of carbonyl (C=O) groups excluding carboxylic acids is 2. The zero-order chi connectivity index (χ0) is 17.6. The van der Waals surface area contributed by atoms with Gasteiger partial charge in [-0.3, -0.25) is 9.59 Å². The molecule has 0 atom stereocenters. The second-order valence-electron chi connectivity index (χ2n) is 6.01. The lowest BCUT2D eigenvalue weighted by Gasteiger charge is -2.07. The van der Waals surface area contributed by atoms with Gasteiger partial charge in [0, 0.05) is 29.2 Å². The third-order valence-corrected chi connectivity index (χ3v) is 4.08. The minimum atomic E-state index is -0.240. The number of hydrogen-bond donors (Lipinski definition) is 3. The van der Waals surface area contributed by atoms with Crippen LogP contribution in [-0.4, -0.2) is 29.9 Å². The number of aryl methyl sites for hydroxylation is 1. The quantitative estimate of drug-likeness (QED) is 0.648. The number of hydrogen-bond acceptors (Lipinski definition) is 2. The number of H-pyrrole nitrogens is 1. The summed E-state index contributed by atoms with van der Waals surface area (Å²) in [6.45, 7) is 2.43. The van der Waals surface area contributed by atoms with Gasteiger partial charge < -0.3 is 15.6 Å². The van der Waals surface area contributed by atoms with Gasteiger partial charge in [-0.25, -0.2) is 0 Å². The number of fused-ring (bicyclic) bond motifs is 1. The number of nitrogens with one attached hydrogen (secondary N) is 3. The summed E-state index contributed by atoms with van der Waals surface area (Å²) in [7, 11) is 0. The zero-order valence-corrected chi connectivity index (χ0v) is 14.1. The molecule has 3 aromatic rings. The molecule has 1 heterocycles. The van der Waals surface area contributed by atoms with Crippen molar-refractivity contribution in [1.82, 2.24) is 15.6 Å². The van der Waals surface area contributed by atoms with Crippen LogP contribution in [0.3, 0.4) is 0 Å². The van der Waals surface area contributed by atoms with Crippen molar-refractivity contribution in [3.05, 3.63) is 71.4 Å². The van der Waals surface area contributed by atoms with Crippen LogP contribution in [0.1, 0.15) is 21.5 Å². The minimum absolute atomic E-state index is 0.0271. The maximum absolute atomic E-state index is 12.0. The van der Waals surface area contributed by atoms with Gasteiger partial charge >= 0.3 is 0 Å². The van der Waals surface area contributed by atoms with E-state index in [0.29, 0.717) is 12.1 Å². The molecule has 0 saturated heterocycles. The number of aromatic amines is 1. The van der Waals surface area contributed by atoms with Crippen LogP contribution in [0.5, 0.6) is 0 Å². The van der Waals surface area contributed by atoms with Crippen molar-refractivity contribution in [2.45, 2.75) is 13.3 Å². The summed E-state index contributed by atoms with van der Waals surface area (Å²) in [4.78, 5) is 27.1. The molecule has 0 aliphatic heterocycles. The molecule has 2 amide bonds. The summed E-state index contributed by atoms with van der Waals surface area (Å²) in [5.74, 6) is -0.434.